The molecule has 0 aliphatic heterocycles. The van der Waals surface area contributed by atoms with E-state index in [1.165, 1.54) is 5.56 Å². The van der Waals surface area contributed by atoms with Crippen LogP contribution in [0.15, 0.2) is 54.6 Å². The minimum absolute atomic E-state index is 0.451. The first-order valence-electron chi connectivity index (χ1n) is 5.95. The van der Waals surface area contributed by atoms with Crippen LogP contribution in [-0.4, -0.2) is 0 Å². The third-order valence-electron chi connectivity index (χ3n) is 2.65. The van der Waals surface area contributed by atoms with E-state index in [9.17, 15) is 0 Å². The molecule has 0 unspecified atom stereocenters. The lowest BCUT2D eigenvalue weighted by Gasteiger charge is -2.05. The summed E-state index contributed by atoms with van der Waals surface area (Å²) in [6, 6.07) is 20.2. The van der Waals surface area contributed by atoms with E-state index in [1.807, 2.05) is 54.6 Å². The Morgan fingerprint density at radius 2 is 1.50 bits per heavy atom. The van der Waals surface area contributed by atoms with E-state index in [0.29, 0.717) is 19.6 Å². The van der Waals surface area contributed by atoms with Gasteiger partial charge in [-0.3, -0.25) is 0 Å². The summed E-state index contributed by atoms with van der Waals surface area (Å²) < 4.78 is 5.66. The molecule has 90 valence electrons. The van der Waals surface area contributed by atoms with Crippen molar-refractivity contribution in [3.05, 3.63) is 71.3 Å². The fraction of sp³-hybridized carbons (Fsp3) is 0.188. The van der Waals surface area contributed by atoms with Crippen LogP contribution in [0.25, 0.3) is 0 Å². The summed E-state index contributed by atoms with van der Waals surface area (Å²) in [6.45, 7) is 1.19. The number of benzene rings is 2. The van der Waals surface area contributed by atoms with Gasteiger partial charge in [-0.1, -0.05) is 54.6 Å². The molecule has 0 N–H and O–H groups in total. The number of nitriles is 1. The molecule has 2 aromatic carbocycles. The molecule has 2 nitrogen and oxygen atoms in total. The van der Waals surface area contributed by atoms with Gasteiger partial charge in [-0.15, -0.1) is 0 Å². The Morgan fingerprint density at radius 3 is 2.28 bits per heavy atom. The molecular formula is C16H15NO. The first kappa shape index (κ1) is 12.3. The molecule has 0 heterocycles. The average molecular weight is 237 g/mol. The van der Waals surface area contributed by atoms with Crippen molar-refractivity contribution in [3.63, 3.8) is 0 Å². The van der Waals surface area contributed by atoms with Gasteiger partial charge in [-0.25, -0.2) is 0 Å². The average Bonchev–Trinajstić information content (AvgIpc) is 2.41. The van der Waals surface area contributed by atoms with E-state index in [4.69, 9.17) is 10.00 Å². The molecule has 2 aromatic rings. The third-order valence-corrected chi connectivity index (χ3v) is 2.65. The highest BCUT2D eigenvalue weighted by Gasteiger charge is 1.97. The normalized spacial score (nSPS) is 9.94. The Bertz CT molecular complexity index is 528. The Balaban J connectivity index is 1.87. The molecule has 0 bridgehead atoms. The van der Waals surface area contributed by atoms with Crippen molar-refractivity contribution in [2.45, 2.75) is 19.6 Å². The zero-order chi connectivity index (χ0) is 12.6. The summed E-state index contributed by atoms with van der Waals surface area (Å²) in [6.07, 6.45) is 0.451. The van der Waals surface area contributed by atoms with Gasteiger partial charge < -0.3 is 4.74 Å². The standard InChI is InChI=1S/C16H15NO/c17-10-9-14-7-4-8-16(11-14)13-18-12-15-5-2-1-3-6-15/h1-8,11H,9,12-13H2. The summed E-state index contributed by atoms with van der Waals surface area (Å²) in [5.74, 6) is 0. The molecule has 0 aliphatic carbocycles. The monoisotopic (exact) mass is 237 g/mol. The maximum absolute atomic E-state index is 8.65. The Morgan fingerprint density at radius 1 is 0.833 bits per heavy atom. The van der Waals surface area contributed by atoms with Crippen LogP contribution in [0.5, 0.6) is 0 Å². The van der Waals surface area contributed by atoms with Crippen molar-refractivity contribution >= 4 is 0 Å². The van der Waals surface area contributed by atoms with Gasteiger partial charge in [-0.2, -0.15) is 5.26 Å². The van der Waals surface area contributed by atoms with Crippen molar-refractivity contribution in [1.82, 2.24) is 0 Å². The Hall–Kier alpha value is -2.11. The smallest absolute Gasteiger partial charge is 0.0721 e. The van der Waals surface area contributed by atoms with E-state index in [-0.39, 0.29) is 0 Å². The van der Waals surface area contributed by atoms with Gasteiger partial charge in [0.25, 0.3) is 0 Å². The Kier molecular flexibility index (Phi) is 4.52. The SMILES string of the molecule is N#CCc1cccc(COCc2ccccc2)c1. The second-order valence-corrected chi connectivity index (χ2v) is 4.13. The molecule has 0 saturated heterocycles. The molecule has 0 fully saturated rings. The van der Waals surface area contributed by atoms with E-state index in [2.05, 4.69) is 6.07 Å². The molecule has 0 aromatic heterocycles. The molecule has 0 radical (unpaired) electrons. The van der Waals surface area contributed by atoms with Gasteiger partial charge >= 0.3 is 0 Å². The van der Waals surface area contributed by atoms with Crippen molar-refractivity contribution in [1.29, 1.82) is 5.26 Å². The van der Waals surface area contributed by atoms with Crippen molar-refractivity contribution in [3.8, 4) is 6.07 Å². The number of nitrogens with zero attached hydrogens (tertiary/aromatic N) is 1. The summed E-state index contributed by atoms with van der Waals surface area (Å²) in [7, 11) is 0. The number of ether oxygens (including phenoxy) is 1. The predicted octanol–water partition coefficient (Wildman–Crippen LogP) is 3.47. The second-order valence-electron chi connectivity index (χ2n) is 4.13. The van der Waals surface area contributed by atoms with Crippen LogP contribution >= 0.6 is 0 Å². The van der Waals surface area contributed by atoms with Crippen LogP contribution in [-0.2, 0) is 24.4 Å². The van der Waals surface area contributed by atoms with Crippen molar-refractivity contribution < 1.29 is 4.74 Å². The van der Waals surface area contributed by atoms with E-state index >= 15 is 0 Å². The molecule has 0 aliphatic rings. The summed E-state index contributed by atoms with van der Waals surface area (Å²) >= 11 is 0. The summed E-state index contributed by atoms with van der Waals surface area (Å²) in [5, 5.41) is 8.65. The summed E-state index contributed by atoms with van der Waals surface area (Å²) in [4.78, 5) is 0. The Labute approximate surface area is 107 Å². The molecule has 0 saturated carbocycles. The van der Waals surface area contributed by atoms with Crippen LogP contribution in [0.3, 0.4) is 0 Å². The number of hydrogen-bond donors (Lipinski definition) is 0. The second kappa shape index (κ2) is 6.58. The molecular weight excluding hydrogens is 222 g/mol. The third kappa shape index (κ3) is 3.73. The minimum Gasteiger partial charge on any atom is -0.372 e. The fourth-order valence-electron chi connectivity index (χ4n) is 1.78. The fourth-order valence-corrected chi connectivity index (χ4v) is 1.78. The molecule has 2 heteroatoms. The first-order valence-corrected chi connectivity index (χ1v) is 5.95. The van der Waals surface area contributed by atoms with Gasteiger partial charge in [0.05, 0.1) is 25.7 Å². The zero-order valence-electron chi connectivity index (χ0n) is 10.2. The predicted molar refractivity (Wildman–Crippen MR) is 70.7 cm³/mol. The van der Waals surface area contributed by atoms with Crippen LogP contribution in [0.1, 0.15) is 16.7 Å². The van der Waals surface area contributed by atoms with Crippen LogP contribution in [0.2, 0.25) is 0 Å². The highest BCUT2D eigenvalue weighted by Crippen LogP contribution is 2.09. The van der Waals surface area contributed by atoms with Crippen LogP contribution in [0, 0.1) is 11.3 Å². The van der Waals surface area contributed by atoms with Crippen LogP contribution < -0.4 is 0 Å². The molecule has 0 spiro atoms. The first-order chi connectivity index (χ1) is 8.88. The minimum atomic E-state index is 0.451. The molecule has 2 rings (SSSR count). The summed E-state index contributed by atoms with van der Waals surface area (Å²) in [5.41, 5.74) is 3.32. The van der Waals surface area contributed by atoms with E-state index < -0.39 is 0 Å². The zero-order valence-corrected chi connectivity index (χ0v) is 10.2. The van der Waals surface area contributed by atoms with E-state index in [1.54, 1.807) is 0 Å². The topological polar surface area (TPSA) is 33.0 Å². The highest BCUT2D eigenvalue weighted by molar-refractivity contribution is 5.25. The molecule has 18 heavy (non-hydrogen) atoms. The van der Waals surface area contributed by atoms with Gasteiger partial charge in [0.1, 0.15) is 0 Å². The lowest BCUT2D eigenvalue weighted by Crippen LogP contribution is -1.95. The lowest BCUT2D eigenvalue weighted by molar-refractivity contribution is 0.107. The van der Waals surface area contributed by atoms with Crippen LogP contribution in [0.4, 0.5) is 0 Å². The maximum Gasteiger partial charge on any atom is 0.0721 e. The van der Waals surface area contributed by atoms with Gasteiger partial charge in [0, 0.05) is 0 Å². The van der Waals surface area contributed by atoms with Gasteiger partial charge in [0.15, 0.2) is 0 Å². The lowest BCUT2D eigenvalue weighted by atomic mass is 10.1. The highest BCUT2D eigenvalue weighted by atomic mass is 16.5. The van der Waals surface area contributed by atoms with E-state index in [0.717, 1.165) is 11.1 Å². The quantitative estimate of drug-likeness (QED) is 0.797. The molecule has 0 atom stereocenters. The van der Waals surface area contributed by atoms with Crippen molar-refractivity contribution in [2.24, 2.45) is 0 Å². The number of rotatable bonds is 5. The van der Waals surface area contributed by atoms with Gasteiger partial charge in [-0.05, 0) is 16.7 Å². The van der Waals surface area contributed by atoms with Gasteiger partial charge in [0.2, 0.25) is 0 Å². The number of hydrogen-bond acceptors (Lipinski definition) is 2. The maximum atomic E-state index is 8.65. The largest absolute Gasteiger partial charge is 0.372 e. The molecule has 0 amide bonds. The van der Waals surface area contributed by atoms with Crippen molar-refractivity contribution in [2.75, 3.05) is 0 Å².